The number of nitrogens with zero attached hydrogens (tertiary/aromatic N) is 1. The van der Waals surface area contributed by atoms with Crippen LogP contribution in [-0.4, -0.2) is 73.7 Å². The first-order valence-electron chi connectivity index (χ1n) is 8.16. The van der Waals surface area contributed by atoms with Gasteiger partial charge in [0.2, 0.25) is 0 Å². The molecule has 0 aromatic heterocycles. The SMILES string of the molecule is CCC1(CC)NC(=O)N(CC(=O)OCC(=O)NC(=O)NCCOC)C1=O. The zero-order valence-electron chi connectivity index (χ0n) is 15.0. The van der Waals surface area contributed by atoms with Crippen LogP contribution in [0, 0.1) is 0 Å². The number of nitrogens with one attached hydrogen (secondary N) is 3. The standard InChI is InChI=1S/C15H24N4O7/c1-4-15(5-2)12(22)19(14(24)18-15)8-11(21)26-9-10(20)17-13(23)16-6-7-25-3/h4-9H2,1-3H3,(H,18,24)(H2,16,17,20,23). The Kier molecular flexibility index (Phi) is 7.97. The third kappa shape index (κ3) is 5.41. The summed E-state index contributed by atoms with van der Waals surface area (Å²) >= 11 is 0. The molecule has 0 bridgehead atoms. The molecule has 1 saturated heterocycles. The molecular weight excluding hydrogens is 348 g/mol. The van der Waals surface area contributed by atoms with Gasteiger partial charge in [0.05, 0.1) is 6.61 Å². The summed E-state index contributed by atoms with van der Waals surface area (Å²) in [5.41, 5.74) is -1.02. The Balaban J connectivity index is 2.43. The van der Waals surface area contributed by atoms with Crippen molar-refractivity contribution < 1.29 is 33.4 Å². The molecule has 0 aromatic rings. The third-order valence-corrected chi connectivity index (χ3v) is 3.95. The number of esters is 1. The molecule has 1 rings (SSSR count). The largest absolute Gasteiger partial charge is 0.454 e. The molecule has 1 aliphatic heterocycles. The van der Waals surface area contributed by atoms with Crippen LogP contribution in [0.25, 0.3) is 0 Å². The van der Waals surface area contributed by atoms with E-state index >= 15 is 0 Å². The van der Waals surface area contributed by atoms with Gasteiger partial charge in [0.1, 0.15) is 12.1 Å². The van der Waals surface area contributed by atoms with E-state index in [1.165, 1.54) is 7.11 Å². The highest BCUT2D eigenvalue weighted by Crippen LogP contribution is 2.24. The van der Waals surface area contributed by atoms with Gasteiger partial charge in [-0.25, -0.2) is 9.59 Å². The van der Waals surface area contributed by atoms with E-state index in [-0.39, 0.29) is 13.2 Å². The molecule has 0 atom stereocenters. The topological polar surface area (TPSA) is 143 Å². The van der Waals surface area contributed by atoms with Crippen molar-refractivity contribution >= 4 is 29.8 Å². The summed E-state index contributed by atoms with van der Waals surface area (Å²) in [6.07, 6.45) is 0.778. The summed E-state index contributed by atoms with van der Waals surface area (Å²) < 4.78 is 9.42. The molecule has 0 saturated carbocycles. The van der Waals surface area contributed by atoms with Gasteiger partial charge < -0.3 is 20.1 Å². The smallest absolute Gasteiger partial charge is 0.326 e. The van der Waals surface area contributed by atoms with Gasteiger partial charge >= 0.3 is 18.0 Å². The van der Waals surface area contributed by atoms with Crippen molar-refractivity contribution in [2.75, 3.05) is 33.4 Å². The molecule has 0 radical (unpaired) electrons. The minimum Gasteiger partial charge on any atom is -0.454 e. The molecule has 1 fully saturated rings. The molecule has 26 heavy (non-hydrogen) atoms. The van der Waals surface area contributed by atoms with Crippen LogP contribution in [0.4, 0.5) is 9.59 Å². The Morgan fingerprint density at radius 1 is 1.19 bits per heavy atom. The number of hydrogen-bond acceptors (Lipinski definition) is 7. The maximum absolute atomic E-state index is 12.3. The maximum atomic E-state index is 12.3. The molecule has 0 aromatic carbocycles. The Hall–Kier alpha value is -2.69. The molecule has 6 amide bonds. The molecule has 1 aliphatic rings. The van der Waals surface area contributed by atoms with E-state index in [0.29, 0.717) is 12.8 Å². The van der Waals surface area contributed by atoms with Gasteiger partial charge in [0, 0.05) is 13.7 Å². The molecule has 11 nitrogen and oxygen atoms in total. The van der Waals surface area contributed by atoms with E-state index in [2.05, 4.69) is 10.6 Å². The highest BCUT2D eigenvalue weighted by atomic mass is 16.5. The first kappa shape index (κ1) is 21.4. The third-order valence-electron chi connectivity index (χ3n) is 3.95. The van der Waals surface area contributed by atoms with E-state index in [1.807, 2.05) is 5.32 Å². The number of rotatable bonds is 9. The number of methoxy groups -OCH3 is 1. The molecular formula is C15H24N4O7. The van der Waals surface area contributed by atoms with E-state index in [0.717, 1.165) is 4.90 Å². The summed E-state index contributed by atoms with van der Waals surface area (Å²) in [4.78, 5) is 59.6. The molecule has 3 N–H and O–H groups in total. The summed E-state index contributed by atoms with van der Waals surface area (Å²) in [7, 11) is 1.46. The lowest BCUT2D eigenvalue weighted by atomic mass is 9.93. The number of ether oxygens (including phenoxy) is 2. The minimum atomic E-state index is -1.02. The fourth-order valence-electron chi connectivity index (χ4n) is 2.34. The van der Waals surface area contributed by atoms with Gasteiger partial charge in [-0.15, -0.1) is 0 Å². The van der Waals surface area contributed by atoms with Crippen LogP contribution in [0.5, 0.6) is 0 Å². The van der Waals surface area contributed by atoms with Gasteiger partial charge in [-0.1, -0.05) is 13.8 Å². The van der Waals surface area contributed by atoms with Crippen LogP contribution in [0.1, 0.15) is 26.7 Å². The predicted molar refractivity (Wildman–Crippen MR) is 87.9 cm³/mol. The second-order valence-corrected chi connectivity index (χ2v) is 5.57. The highest BCUT2D eigenvalue weighted by Gasteiger charge is 2.49. The molecule has 0 spiro atoms. The van der Waals surface area contributed by atoms with Crippen molar-refractivity contribution in [1.29, 1.82) is 0 Å². The van der Waals surface area contributed by atoms with Crippen LogP contribution in [0.15, 0.2) is 0 Å². The van der Waals surface area contributed by atoms with Gasteiger partial charge in [-0.2, -0.15) is 0 Å². The normalized spacial score (nSPS) is 15.4. The quantitative estimate of drug-likeness (QED) is 0.271. The van der Waals surface area contributed by atoms with Gasteiger partial charge in [-0.05, 0) is 12.8 Å². The number of amides is 6. The summed E-state index contributed by atoms with van der Waals surface area (Å²) in [5.74, 6) is -2.29. The van der Waals surface area contributed by atoms with Crippen molar-refractivity contribution in [3.05, 3.63) is 0 Å². The number of hydrogen-bond donors (Lipinski definition) is 3. The summed E-state index contributed by atoms with van der Waals surface area (Å²) in [6, 6.07) is -1.44. The van der Waals surface area contributed by atoms with Crippen molar-refractivity contribution in [2.24, 2.45) is 0 Å². The number of carbonyl (C=O) groups is 5. The van der Waals surface area contributed by atoms with E-state index in [4.69, 9.17) is 9.47 Å². The molecule has 11 heteroatoms. The Bertz CT molecular complexity index is 574. The van der Waals surface area contributed by atoms with Gasteiger partial charge in [-0.3, -0.25) is 24.6 Å². The zero-order chi connectivity index (χ0) is 19.7. The minimum absolute atomic E-state index is 0.207. The van der Waals surface area contributed by atoms with E-state index in [1.54, 1.807) is 13.8 Å². The molecule has 0 unspecified atom stereocenters. The van der Waals surface area contributed by atoms with Crippen LogP contribution >= 0.6 is 0 Å². The van der Waals surface area contributed by atoms with Crippen molar-refractivity contribution in [2.45, 2.75) is 32.2 Å². The van der Waals surface area contributed by atoms with Crippen LogP contribution in [-0.2, 0) is 23.9 Å². The van der Waals surface area contributed by atoms with E-state index in [9.17, 15) is 24.0 Å². The Morgan fingerprint density at radius 3 is 2.38 bits per heavy atom. The monoisotopic (exact) mass is 372 g/mol. The van der Waals surface area contributed by atoms with Crippen LogP contribution in [0.3, 0.4) is 0 Å². The zero-order valence-corrected chi connectivity index (χ0v) is 15.0. The second-order valence-electron chi connectivity index (χ2n) is 5.57. The first-order valence-corrected chi connectivity index (χ1v) is 8.16. The van der Waals surface area contributed by atoms with E-state index < -0.39 is 48.5 Å². The fourth-order valence-corrected chi connectivity index (χ4v) is 2.34. The van der Waals surface area contributed by atoms with Crippen molar-refractivity contribution in [1.82, 2.24) is 20.9 Å². The van der Waals surface area contributed by atoms with Gasteiger partial charge in [0.25, 0.3) is 11.8 Å². The predicted octanol–water partition coefficient (Wildman–Crippen LogP) is -0.888. The second kappa shape index (κ2) is 9.70. The number of carbonyl (C=O) groups excluding carboxylic acids is 5. The van der Waals surface area contributed by atoms with Crippen molar-refractivity contribution in [3.63, 3.8) is 0 Å². The van der Waals surface area contributed by atoms with Crippen LogP contribution in [0.2, 0.25) is 0 Å². The Labute approximate surface area is 150 Å². The average molecular weight is 372 g/mol. The first-order chi connectivity index (χ1) is 12.3. The molecule has 146 valence electrons. The maximum Gasteiger partial charge on any atom is 0.326 e. The highest BCUT2D eigenvalue weighted by molar-refractivity contribution is 6.08. The van der Waals surface area contributed by atoms with Crippen molar-refractivity contribution in [3.8, 4) is 0 Å². The summed E-state index contributed by atoms with van der Waals surface area (Å²) in [5, 5.41) is 6.88. The Morgan fingerprint density at radius 2 is 1.85 bits per heavy atom. The number of imide groups is 2. The van der Waals surface area contributed by atoms with Gasteiger partial charge in [0.15, 0.2) is 6.61 Å². The lowest BCUT2D eigenvalue weighted by Gasteiger charge is -2.22. The summed E-state index contributed by atoms with van der Waals surface area (Å²) in [6.45, 7) is 2.67. The lowest BCUT2D eigenvalue weighted by molar-refractivity contribution is -0.151. The molecule has 0 aliphatic carbocycles. The number of urea groups is 2. The van der Waals surface area contributed by atoms with Crippen LogP contribution < -0.4 is 16.0 Å². The fraction of sp³-hybridized carbons (Fsp3) is 0.667. The lowest BCUT2D eigenvalue weighted by Crippen LogP contribution is -2.46. The average Bonchev–Trinajstić information content (AvgIpc) is 2.85. The molecule has 1 heterocycles.